The molecule has 2 N–H and O–H groups in total. The predicted molar refractivity (Wildman–Crippen MR) is 86.5 cm³/mol. The van der Waals surface area contributed by atoms with Gasteiger partial charge >= 0.3 is 0 Å². The summed E-state index contributed by atoms with van der Waals surface area (Å²) in [4.78, 5) is 15.5. The molecule has 2 rings (SSSR count). The number of anilines is 2. The van der Waals surface area contributed by atoms with E-state index >= 15 is 0 Å². The molecule has 110 valence electrons. The summed E-state index contributed by atoms with van der Waals surface area (Å²) in [6.07, 6.45) is 1.66. The number of rotatable bonds is 5. The fraction of sp³-hybridized carbons (Fsp3) is 0.250. The molecule has 0 atom stereocenters. The lowest BCUT2D eigenvalue weighted by Gasteiger charge is -2.09. The maximum Gasteiger partial charge on any atom is 0.226 e. The summed E-state index contributed by atoms with van der Waals surface area (Å²) in [6, 6.07) is 11.4. The first-order valence-corrected chi connectivity index (χ1v) is 7.17. The second-order valence-corrected chi connectivity index (χ2v) is 5.45. The Labute approximate surface area is 129 Å². The minimum atomic E-state index is -0.0252. The van der Waals surface area contributed by atoms with Crippen LogP contribution in [-0.2, 0) is 11.3 Å². The molecular weight excluding hydrogens is 286 g/mol. The van der Waals surface area contributed by atoms with Crippen LogP contribution in [0.25, 0.3) is 0 Å². The first-order chi connectivity index (χ1) is 10.0. The molecule has 0 saturated carbocycles. The number of hydrogen-bond donors (Lipinski definition) is 2. The standard InChI is InChI=1S/C16H18ClN3O/c1-11(2)16(21)20-13-5-3-12(4-6-13)10-19-14-7-8-18-15(17)9-14/h3-9,11H,10H2,1-2H3,(H,18,19)(H,20,21). The molecule has 1 aromatic carbocycles. The van der Waals surface area contributed by atoms with Crippen LogP contribution < -0.4 is 10.6 Å². The Morgan fingerprint density at radius 3 is 2.52 bits per heavy atom. The van der Waals surface area contributed by atoms with Crippen molar-refractivity contribution in [3.63, 3.8) is 0 Å². The van der Waals surface area contributed by atoms with E-state index in [2.05, 4.69) is 15.6 Å². The van der Waals surface area contributed by atoms with Crippen LogP contribution in [0.4, 0.5) is 11.4 Å². The quantitative estimate of drug-likeness (QED) is 0.823. The molecule has 1 aromatic heterocycles. The van der Waals surface area contributed by atoms with Crippen LogP contribution in [0.2, 0.25) is 5.15 Å². The summed E-state index contributed by atoms with van der Waals surface area (Å²) in [5.41, 5.74) is 2.85. The molecule has 0 radical (unpaired) electrons. The Bertz CT molecular complexity index is 611. The van der Waals surface area contributed by atoms with Gasteiger partial charge in [-0.3, -0.25) is 4.79 Å². The molecule has 0 bridgehead atoms. The van der Waals surface area contributed by atoms with Gasteiger partial charge in [0.25, 0.3) is 0 Å². The van der Waals surface area contributed by atoms with Crippen molar-refractivity contribution in [2.75, 3.05) is 10.6 Å². The van der Waals surface area contributed by atoms with E-state index in [0.29, 0.717) is 11.7 Å². The smallest absolute Gasteiger partial charge is 0.226 e. The molecular formula is C16H18ClN3O. The highest BCUT2D eigenvalue weighted by Crippen LogP contribution is 2.15. The van der Waals surface area contributed by atoms with Gasteiger partial charge in [0.05, 0.1) is 0 Å². The highest BCUT2D eigenvalue weighted by molar-refractivity contribution is 6.29. The van der Waals surface area contributed by atoms with E-state index in [1.807, 2.05) is 44.2 Å². The lowest BCUT2D eigenvalue weighted by atomic mass is 10.1. The van der Waals surface area contributed by atoms with Gasteiger partial charge in [-0.05, 0) is 29.8 Å². The molecule has 5 heteroatoms. The van der Waals surface area contributed by atoms with Crippen molar-refractivity contribution in [1.82, 2.24) is 4.98 Å². The summed E-state index contributed by atoms with van der Waals surface area (Å²) < 4.78 is 0. The number of pyridine rings is 1. The molecule has 0 unspecified atom stereocenters. The summed E-state index contributed by atoms with van der Waals surface area (Å²) in [5.74, 6) is -0.00455. The number of hydrogen-bond acceptors (Lipinski definition) is 3. The average Bonchev–Trinajstić information content (AvgIpc) is 2.46. The van der Waals surface area contributed by atoms with Crippen LogP contribution in [0.1, 0.15) is 19.4 Å². The zero-order chi connectivity index (χ0) is 15.2. The van der Waals surface area contributed by atoms with Gasteiger partial charge in [-0.2, -0.15) is 0 Å². The van der Waals surface area contributed by atoms with E-state index in [0.717, 1.165) is 16.9 Å². The summed E-state index contributed by atoms with van der Waals surface area (Å²) in [5, 5.41) is 6.60. The minimum Gasteiger partial charge on any atom is -0.381 e. The third kappa shape index (κ3) is 4.76. The van der Waals surface area contributed by atoms with Crippen LogP contribution in [0.15, 0.2) is 42.6 Å². The Balaban J connectivity index is 1.92. The van der Waals surface area contributed by atoms with Gasteiger partial charge < -0.3 is 10.6 Å². The summed E-state index contributed by atoms with van der Waals surface area (Å²) in [6.45, 7) is 4.42. The maximum absolute atomic E-state index is 11.6. The molecule has 1 amide bonds. The SMILES string of the molecule is CC(C)C(=O)Nc1ccc(CNc2ccnc(Cl)c2)cc1. The topological polar surface area (TPSA) is 54.0 Å². The van der Waals surface area contributed by atoms with Crippen LogP contribution in [0.5, 0.6) is 0 Å². The molecule has 0 aliphatic rings. The van der Waals surface area contributed by atoms with Crippen molar-refractivity contribution < 1.29 is 4.79 Å². The van der Waals surface area contributed by atoms with Crippen molar-refractivity contribution in [3.05, 3.63) is 53.3 Å². The molecule has 0 spiro atoms. The molecule has 1 heterocycles. The third-order valence-corrected chi connectivity index (χ3v) is 3.18. The van der Waals surface area contributed by atoms with Crippen molar-refractivity contribution in [3.8, 4) is 0 Å². The van der Waals surface area contributed by atoms with Gasteiger partial charge in [-0.1, -0.05) is 37.6 Å². The molecule has 21 heavy (non-hydrogen) atoms. The molecule has 0 saturated heterocycles. The molecule has 0 aliphatic heterocycles. The summed E-state index contributed by atoms with van der Waals surface area (Å²) >= 11 is 5.83. The first-order valence-electron chi connectivity index (χ1n) is 6.80. The maximum atomic E-state index is 11.6. The normalized spacial score (nSPS) is 10.5. The van der Waals surface area contributed by atoms with E-state index < -0.39 is 0 Å². The number of halogens is 1. The van der Waals surface area contributed by atoms with E-state index in [4.69, 9.17) is 11.6 Å². The number of carbonyl (C=O) groups excluding carboxylic acids is 1. The van der Waals surface area contributed by atoms with Gasteiger partial charge in [0.2, 0.25) is 5.91 Å². The highest BCUT2D eigenvalue weighted by Gasteiger charge is 2.06. The van der Waals surface area contributed by atoms with Crippen LogP contribution in [-0.4, -0.2) is 10.9 Å². The second kappa shape index (κ2) is 7.09. The van der Waals surface area contributed by atoms with Gasteiger partial charge in [0, 0.05) is 30.0 Å². The van der Waals surface area contributed by atoms with Crippen molar-refractivity contribution in [2.24, 2.45) is 5.92 Å². The first kappa shape index (κ1) is 15.3. The zero-order valence-corrected chi connectivity index (χ0v) is 12.8. The second-order valence-electron chi connectivity index (χ2n) is 5.06. The fourth-order valence-electron chi connectivity index (χ4n) is 1.71. The van der Waals surface area contributed by atoms with Gasteiger partial charge in [-0.15, -0.1) is 0 Å². The Kier molecular flexibility index (Phi) is 5.17. The lowest BCUT2D eigenvalue weighted by molar-refractivity contribution is -0.118. The predicted octanol–water partition coefficient (Wildman–Crippen LogP) is 3.94. The number of carbonyl (C=O) groups is 1. The van der Waals surface area contributed by atoms with Gasteiger partial charge in [0.15, 0.2) is 0 Å². The fourth-order valence-corrected chi connectivity index (χ4v) is 1.88. The van der Waals surface area contributed by atoms with Crippen LogP contribution >= 0.6 is 11.6 Å². The average molecular weight is 304 g/mol. The lowest BCUT2D eigenvalue weighted by Crippen LogP contribution is -2.17. The third-order valence-electron chi connectivity index (χ3n) is 2.97. The monoisotopic (exact) mass is 303 g/mol. The van der Waals surface area contributed by atoms with E-state index in [9.17, 15) is 4.79 Å². The minimum absolute atomic E-state index is 0.0207. The Hall–Kier alpha value is -2.07. The van der Waals surface area contributed by atoms with Crippen molar-refractivity contribution in [1.29, 1.82) is 0 Å². The largest absolute Gasteiger partial charge is 0.381 e. The Morgan fingerprint density at radius 1 is 1.19 bits per heavy atom. The van der Waals surface area contributed by atoms with Crippen LogP contribution in [0, 0.1) is 5.92 Å². The number of benzene rings is 1. The van der Waals surface area contributed by atoms with E-state index in [1.54, 1.807) is 12.3 Å². The van der Waals surface area contributed by atoms with E-state index in [-0.39, 0.29) is 11.8 Å². The number of amides is 1. The molecule has 0 fully saturated rings. The molecule has 4 nitrogen and oxygen atoms in total. The highest BCUT2D eigenvalue weighted by atomic mass is 35.5. The van der Waals surface area contributed by atoms with E-state index in [1.165, 1.54) is 0 Å². The number of nitrogens with one attached hydrogen (secondary N) is 2. The number of nitrogens with zero attached hydrogens (tertiary/aromatic N) is 1. The van der Waals surface area contributed by atoms with Gasteiger partial charge in [0.1, 0.15) is 5.15 Å². The zero-order valence-electron chi connectivity index (χ0n) is 12.1. The summed E-state index contributed by atoms with van der Waals surface area (Å²) in [7, 11) is 0. The molecule has 2 aromatic rings. The van der Waals surface area contributed by atoms with Crippen molar-refractivity contribution >= 4 is 28.9 Å². The van der Waals surface area contributed by atoms with Crippen molar-refractivity contribution in [2.45, 2.75) is 20.4 Å². The number of aromatic nitrogens is 1. The molecule has 0 aliphatic carbocycles. The van der Waals surface area contributed by atoms with Gasteiger partial charge in [-0.25, -0.2) is 4.98 Å². The Morgan fingerprint density at radius 2 is 1.90 bits per heavy atom. The van der Waals surface area contributed by atoms with Crippen LogP contribution in [0.3, 0.4) is 0 Å².